The molecule has 1 aromatic heterocycles. The number of hydrogen-bond donors (Lipinski definition) is 1. The van der Waals surface area contributed by atoms with E-state index in [1.165, 1.54) is 0 Å². The molecule has 2 aromatic rings. The van der Waals surface area contributed by atoms with Crippen LogP contribution in [0.3, 0.4) is 0 Å². The molecule has 0 radical (unpaired) electrons. The third-order valence-electron chi connectivity index (χ3n) is 2.12. The van der Waals surface area contributed by atoms with E-state index in [9.17, 15) is 0 Å². The van der Waals surface area contributed by atoms with Crippen LogP contribution in [0.25, 0.3) is 0 Å². The van der Waals surface area contributed by atoms with Gasteiger partial charge in [0.05, 0.1) is 7.11 Å². The Balaban J connectivity index is 2.20. The molecular formula is C12H13N3O. The Morgan fingerprint density at radius 3 is 2.88 bits per heavy atom. The van der Waals surface area contributed by atoms with Crippen LogP contribution < -0.4 is 10.1 Å². The molecular weight excluding hydrogens is 202 g/mol. The van der Waals surface area contributed by atoms with Gasteiger partial charge >= 0.3 is 0 Å². The highest BCUT2D eigenvalue weighted by molar-refractivity contribution is 5.57. The highest BCUT2D eigenvalue weighted by Gasteiger charge is 1.98. The zero-order chi connectivity index (χ0) is 11.4. The van der Waals surface area contributed by atoms with Gasteiger partial charge in [-0.15, -0.1) is 0 Å². The van der Waals surface area contributed by atoms with Gasteiger partial charge in [-0.25, -0.2) is 9.97 Å². The molecule has 0 spiro atoms. The topological polar surface area (TPSA) is 47.0 Å². The second-order valence-corrected chi connectivity index (χ2v) is 3.35. The van der Waals surface area contributed by atoms with E-state index in [-0.39, 0.29) is 0 Å². The van der Waals surface area contributed by atoms with Gasteiger partial charge in [0, 0.05) is 18.0 Å². The SMILES string of the molecule is COc1cccc(Nc2ccnc(C)n2)c1. The van der Waals surface area contributed by atoms with Gasteiger partial charge in [-0.05, 0) is 25.1 Å². The number of ether oxygens (including phenoxy) is 1. The minimum absolute atomic E-state index is 0.743. The summed E-state index contributed by atoms with van der Waals surface area (Å²) in [5.74, 6) is 2.34. The fourth-order valence-electron chi connectivity index (χ4n) is 1.37. The standard InChI is InChI=1S/C12H13N3O/c1-9-13-7-6-12(14-9)15-10-4-3-5-11(8-10)16-2/h3-8H,1-2H3,(H,13,14,15). The van der Waals surface area contributed by atoms with Gasteiger partial charge in [0.1, 0.15) is 17.4 Å². The molecule has 4 nitrogen and oxygen atoms in total. The van der Waals surface area contributed by atoms with Crippen LogP contribution in [0, 0.1) is 6.92 Å². The van der Waals surface area contributed by atoms with Gasteiger partial charge in [-0.3, -0.25) is 0 Å². The van der Waals surface area contributed by atoms with Crippen LogP contribution in [0.2, 0.25) is 0 Å². The number of hydrogen-bond acceptors (Lipinski definition) is 4. The molecule has 0 amide bonds. The summed E-state index contributed by atoms with van der Waals surface area (Å²) in [4.78, 5) is 8.30. The van der Waals surface area contributed by atoms with Gasteiger partial charge < -0.3 is 10.1 Å². The zero-order valence-corrected chi connectivity index (χ0v) is 9.27. The minimum atomic E-state index is 0.743. The highest BCUT2D eigenvalue weighted by atomic mass is 16.5. The molecule has 2 rings (SSSR count). The summed E-state index contributed by atoms with van der Waals surface area (Å²) in [5.41, 5.74) is 0.942. The van der Waals surface area contributed by atoms with E-state index < -0.39 is 0 Å². The van der Waals surface area contributed by atoms with Crippen molar-refractivity contribution >= 4 is 11.5 Å². The average Bonchev–Trinajstić information content (AvgIpc) is 2.29. The molecule has 82 valence electrons. The second-order valence-electron chi connectivity index (χ2n) is 3.35. The lowest BCUT2D eigenvalue weighted by Gasteiger charge is -2.07. The molecule has 0 aliphatic carbocycles. The summed E-state index contributed by atoms with van der Waals surface area (Å²) in [6, 6.07) is 9.52. The summed E-state index contributed by atoms with van der Waals surface area (Å²) in [6.45, 7) is 1.86. The summed E-state index contributed by atoms with van der Waals surface area (Å²) in [7, 11) is 1.65. The summed E-state index contributed by atoms with van der Waals surface area (Å²) in [5, 5.41) is 3.19. The van der Waals surface area contributed by atoms with Crippen LogP contribution in [0.15, 0.2) is 36.5 Å². The molecule has 1 aromatic carbocycles. The molecule has 16 heavy (non-hydrogen) atoms. The molecule has 0 fully saturated rings. The van der Waals surface area contributed by atoms with Gasteiger partial charge in [0.15, 0.2) is 0 Å². The highest BCUT2D eigenvalue weighted by Crippen LogP contribution is 2.19. The average molecular weight is 215 g/mol. The lowest BCUT2D eigenvalue weighted by molar-refractivity contribution is 0.415. The number of methoxy groups -OCH3 is 1. The Labute approximate surface area is 94.3 Å². The third-order valence-corrected chi connectivity index (χ3v) is 2.12. The van der Waals surface area contributed by atoms with E-state index in [4.69, 9.17) is 4.74 Å². The Hall–Kier alpha value is -2.10. The molecule has 1 N–H and O–H groups in total. The maximum absolute atomic E-state index is 5.14. The Morgan fingerprint density at radius 2 is 2.12 bits per heavy atom. The molecule has 0 saturated carbocycles. The monoisotopic (exact) mass is 215 g/mol. The normalized spacial score (nSPS) is 9.88. The van der Waals surface area contributed by atoms with Crippen LogP contribution in [0.5, 0.6) is 5.75 Å². The van der Waals surface area contributed by atoms with E-state index in [0.29, 0.717) is 0 Å². The van der Waals surface area contributed by atoms with Gasteiger partial charge in [-0.2, -0.15) is 0 Å². The van der Waals surface area contributed by atoms with Crippen molar-refractivity contribution in [2.24, 2.45) is 0 Å². The molecule has 0 aliphatic heterocycles. The predicted molar refractivity (Wildman–Crippen MR) is 63.0 cm³/mol. The minimum Gasteiger partial charge on any atom is -0.497 e. The van der Waals surface area contributed by atoms with Crippen molar-refractivity contribution in [3.8, 4) is 5.75 Å². The number of rotatable bonds is 3. The quantitative estimate of drug-likeness (QED) is 0.854. The maximum Gasteiger partial charge on any atom is 0.134 e. The number of aromatic nitrogens is 2. The largest absolute Gasteiger partial charge is 0.497 e. The lowest BCUT2D eigenvalue weighted by atomic mass is 10.3. The Kier molecular flexibility index (Phi) is 3.00. The first-order valence-electron chi connectivity index (χ1n) is 4.98. The number of nitrogens with one attached hydrogen (secondary N) is 1. The van der Waals surface area contributed by atoms with E-state index in [1.807, 2.05) is 37.3 Å². The molecule has 0 atom stereocenters. The fraction of sp³-hybridized carbons (Fsp3) is 0.167. The molecule has 0 unspecified atom stereocenters. The third kappa shape index (κ3) is 2.48. The van der Waals surface area contributed by atoms with Crippen molar-refractivity contribution in [1.29, 1.82) is 0 Å². The van der Waals surface area contributed by atoms with Crippen molar-refractivity contribution in [1.82, 2.24) is 9.97 Å². The lowest BCUT2D eigenvalue weighted by Crippen LogP contribution is -1.96. The first kappa shape index (κ1) is 10.4. The van der Waals surface area contributed by atoms with Crippen molar-refractivity contribution in [3.63, 3.8) is 0 Å². The predicted octanol–water partition coefficient (Wildman–Crippen LogP) is 2.54. The van der Waals surface area contributed by atoms with Crippen molar-refractivity contribution in [3.05, 3.63) is 42.4 Å². The molecule has 4 heteroatoms. The van der Waals surface area contributed by atoms with Crippen LogP contribution in [-0.2, 0) is 0 Å². The first-order chi connectivity index (χ1) is 7.78. The van der Waals surface area contributed by atoms with Gasteiger partial charge in [0.25, 0.3) is 0 Å². The molecule has 0 saturated heterocycles. The molecule has 0 aliphatic rings. The summed E-state index contributed by atoms with van der Waals surface area (Å²) in [6.07, 6.45) is 1.73. The van der Waals surface area contributed by atoms with E-state index >= 15 is 0 Å². The zero-order valence-electron chi connectivity index (χ0n) is 9.27. The number of nitrogens with zero attached hydrogens (tertiary/aromatic N) is 2. The van der Waals surface area contributed by atoms with E-state index in [1.54, 1.807) is 13.3 Å². The smallest absolute Gasteiger partial charge is 0.134 e. The molecule has 0 bridgehead atoms. The van der Waals surface area contributed by atoms with Crippen LogP contribution in [-0.4, -0.2) is 17.1 Å². The van der Waals surface area contributed by atoms with Crippen LogP contribution in [0.4, 0.5) is 11.5 Å². The number of anilines is 2. The molecule has 1 heterocycles. The van der Waals surface area contributed by atoms with Crippen LogP contribution in [0.1, 0.15) is 5.82 Å². The van der Waals surface area contributed by atoms with E-state index in [2.05, 4.69) is 15.3 Å². The Morgan fingerprint density at radius 1 is 1.25 bits per heavy atom. The van der Waals surface area contributed by atoms with Crippen LogP contribution >= 0.6 is 0 Å². The fourth-order valence-corrected chi connectivity index (χ4v) is 1.37. The number of aryl methyl sites for hydroxylation is 1. The van der Waals surface area contributed by atoms with Crippen molar-refractivity contribution in [2.45, 2.75) is 6.92 Å². The van der Waals surface area contributed by atoms with Crippen molar-refractivity contribution in [2.75, 3.05) is 12.4 Å². The Bertz CT molecular complexity index is 485. The van der Waals surface area contributed by atoms with E-state index in [0.717, 1.165) is 23.1 Å². The van der Waals surface area contributed by atoms with Gasteiger partial charge in [0.2, 0.25) is 0 Å². The summed E-state index contributed by atoms with van der Waals surface area (Å²) < 4.78 is 5.14. The number of benzene rings is 1. The maximum atomic E-state index is 5.14. The summed E-state index contributed by atoms with van der Waals surface area (Å²) >= 11 is 0. The van der Waals surface area contributed by atoms with Crippen molar-refractivity contribution < 1.29 is 4.74 Å². The van der Waals surface area contributed by atoms with Gasteiger partial charge in [-0.1, -0.05) is 6.07 Å². The second kappa shape index (κ2) is 4.61. The first-order valence-corrected chi connectivity index (χ1v) is 4.98.